The Morgan fingerprint density at radius 3 is 2.50 bits per heavy atom. The van der Waals surface area contributed by atoms with Crippen LogP contribution in [0.3, 0.4) is 0 Å². The van der Waals surface area contributed by atoms with Crippen LogP contribution in [0.25, 0.3) is 0 Å². The van der Waals surface area contributed by atoms with Crippen molar-refractivity contribution in [3.05, 3.63) is 58.3 Å². The van der Waals surface area contributed by atoms with Crippen LogP contribution in [-0.2, 0) is 6.61 Å². The molecule has 2 rings (SSSR count). The molecule has 92 valence electrons. The molecule has 0 atom stereocenters. The van der Waals surface area contributed by atoms with Crippen molar-refractivity contribution >= 4 is 21.8 Å². The third-order valence-electron chi connectivity index (χ3n) is 2.31. The van der Waals surface area contributed by atoms with Gasteiger partial charge in [-0.25, -0.2) is 0 Å². The summed E-state index contributed by atoms with van der Waals surface area (Å²) in [5, 5.41) is 0. The number of amides is 1. The van der Waals surface area contributed by atoms with E-state index in [4.69, 9.17) is 10.5 Å². The number of carbonyl (C=O) groups is 1. The number of primary amides is 1. The van der Waals surface area contributed by atoms with Crippen molar-refractivity contribution in [2.24, 2.45) is 5.73 Å². The maximum Gasteiger partial charge on any atom is 0.248 e. The second kappa shape index (κ2) is 5.64. The van der Waals surface area contributed by atoms with Gasteiger partial charge in [-0.2, -0.15) is 0 Å². The van der Waals surface area contributed by atoms with Crippen LogP contribution < -0.4 is 10.5 Å². The number of aromatic nitrogens is 1. The van der Waals surface area contributed by atoms with Gasteiger partial charge >= 0.3 is 0 Å². The van der Waals surface area contributed by atoms with Gasteiger partial charge in [-0.15, -0.1) is 0 Å². The van der Waals surface area contributed by atoms with Gasteiger partial charge in [-0.1, -0.05) is 0 Å². The summed E-state index contributed by atoms with van der Waals surface area (Å²) in [6.07, 6.45) is 1.72. The Labute approximate surface area is 113 Å². The molecule has 0 saturated carbocycles. The molecule has 18 heavy (non-hydrogen) atoms. The van der Waals surface area contributed by atoms with Gasteiger partial charge in [-0.05, 0) is 52.3 Å². The van der Waals surface area contributed by atoms with Crippen LogP contribution in [-0.4, -0.2) is 10.9 Å². The molecule has 5 heteroatoms. The molecule has 0 aliphatic heterocycles. The van der Waals surface area contributed by atoms with E-state index in [1.54, 1.807) is 30.5 Å². The molecule has 1 amide bonds. The van der Waals surface area contributed by atoms with Crippen LogP contribution in [0, 0.1) is 0 Å². The lowest BCUT2D eigenvalue weighted by molar-refractivity contribution is 0.100. The predicted octanol–water partition coefficient (Wildman–Crippen LogP) is 2.52. The van der Waals surface area contributed by atoms with Crippen molar-refractivity contribution in [2.75, 3.05) is 0 Å². The summed E-state index contributed by atoms with van der Waals surface area (Å²) in [6, 6.07) is 10.5. The SMILES string of the molecule is NC(=O)c1ccc(OCc2ccc(Br)cn2)cc1. The fourth-order valence-corrected chi connectivity index (χ4v) is 1.60. The second-order valence-corrected chi connectivity index (χ2v) is 4.56. The molecular formula is C13H11BrN2O2. The third kappa shape index (κ3) is 3.30. The van der Waals surface area contributed by atoms with E-state index >= 15 is 0 Å². The topological polar surface area (TPSA) is 65.2 Å². The lowest BCUT2D eigenvalue weighted by Gasteiger charge is -2.06. The van der Waals surface area contributed by atoms with Crippen LogP contribution in [0.4, 0.5) is 0 Å². The molecule has 0 fully saturated rings. The van der Waals surface area contributed by atoms with Crippen LogP contribution >= 0.6 is 15.9 Å². The summed E-state index contributed by atoms with van der Waals surface area (Å²) in [5.74, 6) is 0.223. The lowest BCUT2D eigenvalue weighted by atomic mass is 10.2. The summed E-state index contributed by atoms with van der Waals surface area (Å²) in [5.41, 5.74) is 6.44. The van der Waals surface area contributed by atoms with E-state index in [0.717, 1.165) is 10.2 Å². The number of nitrogens with zero attached hydrogens (tertiary/aromatic N) is 1. The molecule has 0 radical (unpaired) electrons. The van der Waals surface area contributed by atoms with Crippen molar-refractivity contribution in [3.63, 3.8) is 0 Å². The number of nitrogens with two attached hydrogens (primary N) is 1. The molecule has 2 aromatic rings. The molecular weight excluding hydrogens is 296 g/mol. The molecule has 4 nitrogen and oxygen atoms in total. The average molecular weight is 307 g/mol. The van der Waals surface area contributed by atoms with Crippen LogP contribution in [0.1, 0.15) is 16.1 Å². The first-order chi connectivity index (χ1) is 8.65. The summed E-state index contributed by atoms with van der Waals surface area (Å²) >= 11 is 3.32. The minimum absolute atomic E-state index is 0.378. The Hall–Kier alpha value is -1.88. The molecule has 1 heterocycles. The molecule has 0 spiro atoms. The smallest absolute Gasteiger partial charge is 0.248 e. The summed E-state index contributed by atoms with van der Waals surface area (Å²) in [7, 11) is 0. The zero-order chi connectivity index (χ0) is 13.0. The minimum Gasteiger partial charge on any atom is -0.487 e. The normalized spacial score (nSPS) is 10.1. The van der Waals surface area contributed by atoms with E-state index in [1.807, 2.05) is 12.1 Å². The predicted molar refractivity (Wildman–Crippen MR) is 71.2 cm³/mol. The quantitative estimate of drug-likeness (QED) is 0.944. The standard InChI is InChI=1S/C13H11BrN2O2/c14-10-3-4-11(16-7-10)8-18-12-5-1-9(2-6-12)13(15)17/h1-7H,8H2,(H2,15,17). The third-order valence-corrected chi connectivity index (χ3v) is 2.78. The van der Waals surface area contributed by atoms with Gasteiger partial charge in [0.05, 0.1) is 5.69 Å². The molecule has 0 aliphatic rings. The van der Waals surface area contributed by atoms with Gasteiger partial charge in [0.1, 0.15) is 12.4 Å². The van der Waals surface area contributed by atoms with Crippen molar-refractivity contribution in [1.82, 2.24) is 4.98 Å². The van der Waals surface area contributed by atoms with Gasteiger partial charge in [0.2, 0.25) is 5.91 Å². The zero-order valence-electron chi connectivity index (χ0n) is 9.47. The number of hydrogen-bond acceptors (Lipinski definition) is 3. The fraction of sp³-hybridized carbons (Fsp3) is 0.0769. The molecule has 2 N–H and O–H groups in total. The van der Waals surface area contributed by atoms with Gasteiger partial charge in [-0.3, -0.25) is 9.78 Å². The van der Waals surface area contributed by atoms with Crippen LogP contribution in [0.15, 0.2) is 47.1 Å². The number of hydrogen-bond donors (Lipinski definition) is 1. The number of ether oxygens (including phenoxy) is 1. The lowest BCUT2D eigenvalue weighted by Crippen LogP contribution is -2.10. The van der Waals surface area contributed by atoms with Crippen LogP contribution in [0.5, 0.6) is 5.75 Å². The zero-order valence-corrected chi connectivity index (χ0v) is 11.1. The van der Waals surface area contributed by atoms with Gasteiger partial charge in [0.15, 0.2) is 0 Å². The number of benzene rings is 1. The van der Waals surface area contributed by atoms with E-state index in [9.17, 15) is 4.79 Å². The maximum absolute atomic E-state index is 10.9. The Bertz CT molecular complexity index is 538. The fourth-order valence-electron chi connectivity index (χ4n) is 1.36. The largest absolute Gasteiger partial charge is 0.487 e. The van der Waals surface area contributed by atoms with Gasteiger partial charge in [0, 0.05) is 16.2 Å². The Morgan fingerprint density at radius 2 is 1.94 bits per heavy atom. The molecule has 0 saturated heterocycles. The van der Waals surface area contributed by atoms with E-state index in [0.29, 0.717) is 17.9 Å². The van der Waals surface area contributed by atoms with Gasteiger partial charge in [0.25, 0.3) is 0 Å². The highest BCUT2D eigenvalue weighted by Crippen LogP contribution is 2.14. The molecule has 1 aromatic carbocycles. The first-order valence-electron chi connectivity index (χ1n) is 5.28. The second-order valence-electron chi connectivity index (χ2n) is 3.65. The van der Waals surface area contributed by atoms with Crippen molar-refractivity contribution in [1.29, 1.82) is 0 Å². The van der Waals surface area contributed by atoms with E-state index in [-0.39, 0.29) is 0 Å². The first-order valence-corrected chi connectivity index (χ1v) is 6.07. The van der Waals surface area contributed by atoms with E-state index in [2.05, 4.69) is 20.9 Å². The number of pyridine rings is 1. The Kier molecular flexibility index (Phi) is 3.94. The molecule has 0 unspecified atom stereocenters. The number of carbonyl (C=O) groups excluding carboxylic acids is 1. The average Bonchev–Trinajstić information content (AvgIpc) is 2.38. The number of rotatable bonds is 4. The van der Waals surface area contributed by atoms with E-state index < -0.39 is 5.91 Å². The molecule has 0 bridgehead atoms. The van der Waals surface area contributed by atoms with Crippen LogP contribution in [0.2, 0.25) is 0 Å². The van der Waals surface area contributed by atoms with Crippen molar-refractivity contribution in [2.45, 2.75) is 6.61 Å². The molecule has 1 aromatic heterocycles. The van der Waals surface area contributed by atoms with Crippen molar-refractivity contribution in [3.8, 4) is 5.75 Å². The summed E-state index contributed by atoms with van der Waals surface area (Å²) < 4.78 is 6.46. The summed E-state index contributed by atoms with van der Waals surface area (Å²) in [6.45, 7) is 0.378. The number of halogens is 1. The minimum atomic E-state index is -0.448. The first kappa shape index (κ1) is 12.6. The highest BCUT2D eigenvalue weighted by molar-refractivity contribution is 9.10. The highest BCUT2D eigenvalue weighted by atomic mass is 79.9. The van der Waals surface area contributed by atoms with Crippen molar-refractivity contribution < 1.29 is 9.53 Å². The van der Waals surface area contributed by atoms with E-state index in [1.165, 1.54) is 0 Å². The maximum atomic E-state index is 10.9. The molecule has 0 aliphatic carbocycles. The Morgan fingerprint density at radius 1 is 1.22 bits per heavy atom. The Balaban J connectivity index is 1.97. The highest BCUT2D eigenvalue weighted by Gasteiger charge is 2.01. The monoisotopic (exact) mass is 306 g/mol. The van der Waals surface area contributed by atoms with Gasteiger partial charge < -0.3 is 10.5 Å². The summed E-state index contributed by atoms with van der Waals surface area (Å²) in [4.78, 5) is 15.1.